The van der Waals surface area contributed by atoms with Crippen LogP contribution in [0.3, 0.4) is 0 Å². The highest BCUT2D eigenvalue weighted by Crippen LogP contribution is 2.27. The number of anilines is 1. The molecule has 0 heterocycles. The molecule has 0 spiro atoms. The van der Waals surface area contributed by atoms with Crippen molar-refractivity contribution in [2.45, 2.75) is 19.8 Å². The van der Waals surface area contributed by atoms with Gasteiger partial charge < -0.3 is 10.1 Å². The third kappa shape index (κ3) is 5.26. The highest BCUT2D eigenvalue weighted by atomic mass is 35.5. The molecule has 7 heteroatoms. The molecule has 0 radical (unpaired) electrons. The number of carbonyl (C=O) groups is 2. The number of ether oxygens (including phenoxy) is 1. The number of benzene rings is 2. The molecule has 0 aliphatic carbocycles. The summed E-state index contributed by atoms with van der Waals surface area (Å²) in [6.07, 6.45) is 0. The molecule has 138 valence electrons. The molecule has 0 aliphatic heterocycles. The van der Waals surface area contributed by atoms with E-state index in [1.165, 1.54) is 0 Å². The highest BCUT2D eigenvalue weighted by molar-refractivity contribution is 6.30. The Morgan fingerprint density at radius 3 is 2.35 bits per heavy atom. The first kappa shape index (κ1) is 19.8. The summed E-state index contributed by atoms with van der Waals surface area (Å²) in [6, 6.07) is 9.55. The van der Waals surface area contributed by atoms with Crippen molar-refractivity contribution in [1.82, 2.24) is 0 Å². The fraction of sp³-hybridized carbons (Fsp3) is 0.263. The second kappa shape index (κ2) is 8.76. The van der Waals surface area contributed by atoms with Crippen LogP contribution in [0, 0.1) is 17.6 Å². The lowest BCUT2D eigenvalue weighted by atomic mass is 9.88. The Bertz CT molecular complexity index is 794. The standard InChI is InChI=1S/C19H18ClF2NO3/c1-11(2)18(12-3-5-13(20)6-4-12)19(25)26-10-17(24)23-16-8-7-14(21)9-15(16)22/h3-9,11,18H,10H2,1-2H3,(H,23,24)/t18-/m1/s1. The maximum absolute atomic E-state index is 13.5. The quantitative estimate of drug-likeness (QED) is 0.747. The molecule has 2 aromatic carbocycles. The first-order chi connectivity index (χ1) is 12.3. The Hall–Kier alpha value is -2.47. The van der Waals surface area contributed by atoms with E-state index in [2.05, 4.69) is 5.32 Å². The maximum Gasteiger partial charge on any atom is 0.314 e. The Morgan fingerprint density at radius 1 is 1.12 bits per heavy atom. The van der Waals surface area contributed by atoms with Crippen LogP contribution < -0.4 is 5.32 Å². The van der Waals surface area contributed by atoms with Gasteiger partial charge in [-0.1, -0.05) is 37.6 Å². The number of nitrogens with one attached hydrogen (secondary N) is 1. The van der Waals surface area contributed by atoms with Gasteiger partial charge in [0, 0.05) is 11.1 Å². The van der Waals surface area contributed by atoms with Crippen LogP contribution in [-0.4, -0.2) is 18.5 Å². The van der Waals surface area contributed by atoms with Gasteiger partial charge in [0.05, 0.1) is 11.6 Å². The molecule has 1 amide bonds. The lowest BCUT2D eigenvalue weighted by Crippen LogP contribution is -2.26. The molecule has 0 fully saturated rings. The minimum Gasteiger partial charge on any atom is -0.455 e. The summed E-state index contributed by atoms with van der Waals surface area (Å²) in [5.41, 5.74) is 0.532. The lowest BCUT2D eigenvalue weighted by molar-refractivity contribution is -0.149. The summed E-state index contributed by atoms with van der Waals surface area (Å²) in [5.74, 6) is -3.59. The van der Waals surface area contributed by atoms with Gasteiger partial charge in [0.15, 0.2) is 6.61 Å². The molecule has 1 N–H and O–H groups in total. The van der Waals surface area contributed by atoms with Gasteiger partial charge in [0.25, 0.3) is 5.91 Å². The second-order valence-electron chi connectivity index (χ2n) is 6.05. The Kier molecular flexibility index (Phi) is 6.69. The molecule has 2 aromatic rings. The number of carbonyl (C=O) groups excluding carboxylic acids is 2. The van der Waals surface area contributed by atoms with E-state index in [0.29, 0.717) is 11.1 Å². The van der Waals surface area contributed by atoms with Gasteiger partial charge in [-0.05, 0) is 35.7 Å². The van der Waals surface area contributed by atoms with Crippen molar-refractivity contribution in [2.75, 3.05) is 11.9 Å². The molecule has 4 nitrogen and oxygen atoms in total. The number of esters is 1. The van der Waals surface area contributed by atoms with Crippen LogP contribution in [0.4, 0.5) is 14.5 Å². The second-order valence-corrected chi connectivity index (χ2v) is 6.49. The molecule has 0 bridgehead atoms. The molecule has 26 heavy (non-hydrogen) atoms. The van der Waals surface area contributed by atoms with Crippen molar-refractivity contribution in [3.63, 3.8) is 0 Å². The number of rotatable bonds is 6. The predicted molar refractivity (Wildman–Crippen MR) is 95.0 cm³/mol. The smallest absolute Gasteiger partial charge is 0.314 e. The summed E-state index contributed by atoms with van der Waals surface area (Å²) in [6.45, 7) is 3.13. The first-order valence-corrected chi connectivity index (χ1v) is 8.32. The maximum atomic E-state index is 13.5. The van der Waals surface area contributed by atoms with Gasteiger partial charge in [-0.15, -0.1) is 0 Å². The van der Waals surface area contributed by atoms with Crippen LogP contribution in [0.1, 0.15) is 25.3 Å². The monoisotopic (exact) mass is 381 g/mol. The van der Waals surface area contributed by atoms with E-state index in [4.69, 9.17) is 16.3 Å². The molecular weight excluding hydrogens is 364 g/mol. The van der Waals surface area contributed by atoms with Crippen molar-refractivity contribution in [3.8, 4) is 0 Å². The fourth-order valence-electron chi connectivity index (χ4n) is 2.47. The third-order valence-corrected chi connectivity index (χ3v) is 3.95. The SMILES string of the molecule is CC(C)[C@@H](C(=O)OCC(=O)Nc1ccc(F)cc1F)c1ccc(Cl)cc1. The number of amides is 1. The van der Waals surface area contributed by atoms with Crippen LogP contribution in [0.5, 0.6) is 0 Å². The van der Waals surface area contributed by atoms with Crippen LogP contribution in [0.2, 0.25) is 5.02 Å². The molecule has 0 unspecified atom stereocenters. The van der Waals surface area contributed by atoms with E-state index in [1.54, 1.807) is 24.3 Å². The van der Waals surface area contributed by atoms with Crippen molar-refractivity contribution in [2.24, 2.45) is 5.92 Å². The van der Waals surface area contributed by atoms with Crippen molar-refractivity contribution >= 4 is 29.2 Å². The Labute approximate surface area is 155 Å². The summed E-state index contributed by atoms with van der Waals surface area (Å²) < 4.78 is 31.5. The van der Waals surface area contributed by atoms with E-state index >= 15 is 0 Å². The van der Waals surface area contributed by atoms with E-state index in [0.717, 1.165) is 17.7 Å². The molecule has 0 aromatic heterocycles. The predicted octanol–water partition coefficient (Wildman–Crippen LogP) is 4.54. The summed E-state index contributed by atoms with van der Waals surface area (Å²) in [5, 5.41) is 2.78. The first-order valence-electron chi connectivity index (χ1n) is 7.95. The Morgan fingerprint density at radius 2 is 1.77 bits per heavy atom. The van der Waals surface area contributed by atoms with Gasteiger partial charge in [0.1, 0.15) is 11.6 Å². The van der Waals surface area contributed by atoms with Gasteiger partial charge in [0.2, 0.25) is 0 Å². The van der Waals surface area contributed by atoms with Crippen molar-refractivity contribution < 1.29 is 23.1 Å². The highest BCUT2D eigenvalue weighted by Gasteiger charge is 2.26. The van der Waals surface area contributed by atoms with Crippen LogP contribution in [0.15, 0.2) is 42.5 Å². The summed E-state index contributed by atoms with van der Waals surface area (Å²) in [7, 11) is 0. The van der Waals surface area contributed by atoms with E-state index in [-0.39, 0.29) is 11.6 Å². The molecule has 0 aliphatic rings. The minimum absolute atomic E-state index is 0.0683. The zero-order chi connectivity index (χ0) is 19.3. The van der Waals surface area contributed by atoms with Crippen LogP contribution >= 0.6 is 11.6 Å². The number of hydrogen-bond donors (Lipinski definition) is 1. The van der Waals surface area contributed by atoms with Gasteiger partial charge in [-0.2, -0.15) is 0 Å². The topological polar surface area (TPSA) is 55.4 Å². The van der Waals surface area contributed by atoms with Crippen molar-refractivity contribution in [3.05, 3.63) is 64.7 Å². The largest absolute Gasteiger partial charge is 0.455 e. The van der Waals surface area contributed by atoms with Crippen molar-refractivity contribution in [1.29, 1.82) is 0 Å². The fourth-order valence-corrected chi connectivity index (χ4v) is 2.59. The molecular formula is C19H18ClF2NO3. The van der Waals surface area contributed by atoms with Crippen LogP contribution in [-0.2, 0) is 14.3 Å². The van der Waals surface area contributed by atoms with Crippen LogP contribution in [0.25, 0.3) is 0 Å². The normalized spacial score (nSPS) is 11.9. The molecule has 2 rings (SSSR count). The Balaban J connectivity index is 1.98. The number of hydrogen-bond acceptors (Lipinski definition) is 3. The van der Waals surface area contributed by atoms with Gasteiger partial charge in [-0.3, -0.25) is 9.59 Å². The molecule has 0 saturated carbocycles. The number of halogens is 3. The summed E-state index contributed by atoms with van der Waals surface area (Å²) >= 11 is 5.85. The van der Waals surface area contributed by atoms with E-state index < -0.39 is 36.0 Å². The summed E-state index contributed by atoms with van der Waals surface area (Å²) in [4.78, 5) is 24.2. The zero-order valence-corrected chi connectivity index (χ0v) is 15.0. The van der Waals surface area contributed by atoms with E-state index in [1.807, 2.05) is 13.8 Å². The average Bonchev–Trinajstić information content (AvgIpc) is 2.57. The third-order valence-electron chi connectivity index (χ3n) is 3.70. The van der Waals surface area contributed by atoms with Gasteiger partial charge >= 0.3 is 5.97 Å². The van der Waals surface area contributed by atoms with E-state index in [9.17, 15) is 18.4 Å². The lowest BCUT2D eigenvalue weighted by Gasteiger charge is -2.20. The minimum atomic E-state index is -0.911. The zero-order valence-electron chi connectivity index (χ0n) is 14.3. The molecule has 1 atom stereocenters. The average molecular weight is 382 g/mol. The molecule has 0 saturated heterocycles. The van der Waals surface area contributed by atoms with Gasteiger partial charge in [-0.25, -0.2) is 8.78 Å².